The van der Waals surface area contributed by atoms with Crippen molar-refractivity contribution in [1.29, 1.82) is 0 Å². The van der Waals surface area contributed by atoms with Crippen LogP contribution in [0.1, 0.15) is 23.1 Å². The van der Waals surface area contributed by atoms with E-state index in [1.54, 1.807) is 6.20 Å². The number of rotatable bonds is 6. The largest absolute Gasteiger partial charge is 0.391 e. The topological polar surface area (TPSA) is 79.3 Å². The van der Waals surface area contributed by atoms with E-state index in [0.29, 0.717) is 4.88 Å². The van der Waals surface area contributed by atoms with Gasteiger partial charge in [-0.15, -0.1) is 11.3 Å². The third-order valence-electron chi connectivity index (χ3n) is 2.89. The van der Waals surface area contributed by atoms with E-state index >= 15 is 0 Å². The van der Waals surface area contributed by atoms with Crippen LogP contribution in [0.4, 0.5) is 0 Å². The Morgan fingerprint density at radius 1 is 1.45 bits per heavy atom. The van der Waals surface area contributed by atoms with Crippen molar-refractivity contribution in [3.63, 3.8) is 0 Å². The Bertz CT molecular complexity index is 680. The lowest BCUT2D eigenvalue weighted by atomic mass is 10.1. The fourth-order valence-electron chi connectivity index (χ4n) is 1.78. The van der Waals surface area contributed by atoms with E-state index in [-0.39, 0.29) is 18.0 Å². The predicted octanol–water partition coefficient (Wildman–Crippen LogP) is 1.68. The summed E-state index contributed by atoms with van der Waals surface area (Å²) in [6.45, 7) is 2.01. The van der Waals surface area contributed by atoms with Gasteiger partial charge in [-0.1, -0.05) is 13.0 Å². The second kappa shape index (κ2) is 6.45. The zero-order valence-corrected chi connectivity index (χ0v) is 12.7. The molecule has 0 unspecified atom stereocenters. The van der Waals surface area contributed by atoms with Crippen molar-refractivity contribution in [3.8, 4) is 0 Å². The van der Waals surface area contributed by atoms with E-state index in [2.05, 4.69) is 9.71 Å². The molecular weight excluding hydrogens is 296 g/mol. The molecule has 0 aromatic carbocycles. The molecule has 0 fully saturated rings. The van der Waals surface area contributed by atoms with Crippen LogP contribution >= 0.6 is 11.3 Å². The van der Waals surface area contributed by atoms with Crippen LogP contribution in [0.5, 0.6) is 0 Å². The van der Waals surface area contributed by atoms with Gasteiger partial charge in [-0.25, -0.2) is 13.1 Å². The van der Waals surface area contributed by atoms with Gasteiger partial charge in [0.2, 0.25) is 10.0 Å². The summed E-state index contributed by atoms with van der Waals surface area (Å²) in [6.07, 6.45) is 2.45. The number of hydrogen-bond acceptors (Lipinski definition) is 5. The first kappa shape index (κ1) is 15.1. The molecule has 2 N–H and O–H groups in total. The number of aromatic nitrogens is 1. The van der Waals surface area contributed by atoms with E-state index in [1.807, 2.05) is 19.1 Å². The summed E-state index contributed by atoms with van der Waals surface area (Å²) in [5.74, 6) is 0. The van der Waals surface area contributed by atoms with Crippen molar-refractivity contribution in [1.82, 2.24) is 9.71 Å². The molecule has 0 amide bonds. The molecule has 0 saturated heterocycles. The summed E-state index contributed by atoms with van der Waals surface area (Å²) in [6, 6.07) is 5.25. The smallest absolute Gasteiger partial charge is 0.241 e. The summed E-state index contributed by atoms with van der Waals surface area (Å²) < 4.78 is 26.8. The zero-order chi connectivity index (χ0) is 14.6. The minimum absolute atomic E-state index is 0.152. The number of aryl methyl sites for hydroxylation is 1. The van der Waals surface area contributed by atoms with Crippen molar-refractivity contribution >= 4 is 21.4 Å². The quantitative estimate of drug-likeness (QED) is 0.850. The number of hydrogen-bond donors (Lipinski definition) is 2. The van der Waals surface area contributed by atoms with Crippen molar-refractivity contribution < 1.29 is 13.5 Å². The normalized spacial score (nSPS) is 11.7. The molecule has 2 aromatic rings. The average Bonchev–Trinajstić information content (AvgIpc) is 2.95. The lowest BCUT2D eigenvalue weighted by Gasteiger charge is -2.08. The molecular formula is C13H16N2O3S2. The fraction of sp³-hybridized carbons (Fsp3) is 0.308. The lowest BCUT2D eigenvalue weighted by molar-refractivity contribution is 0.285. The van der Waals surface area contributed by atoms with Gasteiger partial charge in [0.05, 0.1) is 23.7 Å². The Morgan fingerprint density at radius 2 is 2.25 bits per heavy atom. The second-order valence-electron chi connectivity index (χ2n) is 4.19. The van der Waals surface area contributed by atoms with Crippen LogP contribution in [0.15, 0.2) is 34.7 Å². The third kappa shape index (κ3) is 3.43. The number of aliphatic hydroxyl groups is 1. The number of pyridine rings is 1. The summed E-state index contributed by atoms with van der Waals surface area (Å²) in [4.78, 5) is 5.01. The maximum Gasteiger partial charge on any atom is 0.241 e. The Morgan fingerprint density at radius 3 is 2.90 bits per heavy atom. The molecule has 5 nitrogen and oxygen atoms in total. The summed E-state index contributed by atoms with van der Waals surface area (Å²) >= 11 is 1.22. The van der Waals surface area contributed by atoms with E-state index < -0.39 is 10.0 Å². The minimum Gasteiger partial charge on any atom is -0.391 e. The molecule has 0 radical (unpaired) electrons. The first-order valence-corrected chi connectivity index (χ1v) is 8.53. The van der Waals surface area contributed by atoms with Crippen LogP contribution < -0.4 is 4.72 Å². The van der Waals surface area contributed by atoms with Gasteiger partial charge in [0.1, 0.15) is 0 Å². The SMILES string of the molecule is CCc1cccnc1CNS(=O)(=O)c1csc(CO)c1. The van der Waals surface area contributed by atoms with Crippen molar-refractivity contribution in [2.75, 3.05) is 0 Å². The first-order valence-electron chi connectivity index (χ1n) is 6.17. The lowest BCUT2D eigenvalue weighted by Crippen LogP contribution is -2.24. The van der Waals surface area contributed by atoms with E-state index in [1.165, 1.54) is 22.8 Å². The molecule has 108 valence electrons. The van der Waals surface area contributed by atoms with Gasteiger partial charge in [0.15, 0.2) is 0 Å². The monoisotopic (exact) mass is 312 g/mol. The molecule has 20 heavy (non-hydrogen) atoms. The highest BCUT2D eigenvalue weighted by molar-refractivity contribution is 7.89. The first-order chi connectivity index (χ1) is 9.56. The number of aliphatic hydroxyl groups excluding tert-OH is 1. The minimum atomic E-state index is -3.56. The number of sulfonamides is 1. The predicted molar refractivity (Wildman–Crippen MR) is 77.9 cm³/mol. The second-order valence-corrected chi connectivity index (χ2v) is 6.96. The molecule has 2 heterocycles. The van der Waals surface area contributed by atoms with E-state index in [4.69, 9.17) is 5.11 Å². The van der Waals surface area contributed by atoms with Crippen molar-refractivity contribution in [3.05, 3.63) is 45.9 Å². The van der Waals surface area contributed by atoms with Crippen LogP contribution in [0.25, 0.3) is 0 Å². The molecule has 0 atom stereocenters. The van der Waals surface area contributed by atoms with E-state index in [9.17, 15) is 8.42 Å². The highest BCUT2D eigenvalue weighted by Gasteiger charge is 2.16. The fourth-order valence-corrected chi connectivity index (χ4v) is 3.90. The van der Waals surface area contributed by atoms with Gasteiger partial charge in [-0.05, 0) is 24.1 Å². The van der Waals surface area contributed by atoms with Gasteiger partial charge >= 0.3 is 0 Å². The molecule has 2 rings (SSSR count). The van der Waals surface area contributed by atoms with Crippen molar-refractivity contribution in [2.24, 2.45) is 0 Å². The highest BCUT2D eigenvalue weighted by atomic mass is 32.2. The molecule has 7 heteroatoms. The number of nitrogens with zero attached hydrogens (tertiary/aromatic N) is 1. The van der Waals surface area contributed by atoms with Crippen molar-refractivity contribution in [2.45, 2.75) is 31.4 Å². The van der Waals surface area contributed by atoms with Gasteiger partial charge in [-0.3, -0.25) is 4.98 Å². The number of thiophene rings is 1. The Hall–Kier alpha value is -1.28. The zero-order valence-electron chi connectivity index (χ0n) is 11.0. The Kier molecular flexibility index (Phi) is 4.87. The standard InChI is InChI=1S/C13H16N2O3S2/c1-2-10-4-3-5-14-13(10)7-15-20(17,18)12-6-11(8-16)19-9-12/h3-6,9,15-16H,2,7-8H2,1H3. The summed E-state index contributed by atoms with van der Waals surface area (Å²) in [5.41, 5.74) is 1.76. The Balaban J connectivity index is 2.13. The van der Waals surface area contributed by atoms with Crippen LogP contribution in [-0.2, 0) is 29.6 Å². The molecule has 0 bridgehead atoms. The molecule has 0 spiro atoms. The van der Waals surface area contributed by atoms with Gasteiger partial charge < -0.3 is 5.11 Å². The summed E-state index contributed by atoms with van der Waals surface area (Å²) in [7, 11) is -3.56. The molecule has 2 aromatic heterocycles. The maximum atomic E-state index is 12.1. The third-order valence-corrected chi connectivity index (χ3v) is 5.34. The molecule has 0 aliphatic carbocycles. The van der Waals surface area contributed by atoms with Gasteiger partial charge in [0, 0.05) is 16.5 Å². The van der Waals surface area contributed by atoms with E-state index in [0.717, 1.165) is 17.7 Å². The summed E-state index contributed by atoms with van der Waals surface area (Å²) in [5, 5.41) is 10.5. The van der Waals surface area contributed by atoms with Gasteiger partial charge in [-0.2, -0.15) is 0 Å². The maximum absolute atomic E-state index is 12.1. The highest BCUT2D eigenvalue weighted by Crippen LogP contribution is 2.19. The molecule has 0 saturated carbocycles. The van der Waals surface area contributed by atoms with Gasteiger partial charge in [0.25, 0.3) is 0 Å². The van der Waals surface area contributed by atoms with Crippen LogP contribution in [0, 0.1) is 0 Å². The molecule has 0 aliphatic heterocycles. The molecule has 0 aliphatic rings. The van der Waals surface area contributed by atoms with Crippen LogP contribution in [0.3, 0.4) is 0 Å². The Labute approximate surface area is 122 Å². The number of nitrogens with one attached hydrogen (secondary N) is 1. The van der Waals surface area contributed by atoms with Crippen LogP contribution in [0.2, 0.25) is 0 Å². The van der Waals surface area contributed by atoms with Crippen LogP contribution in [-0.4, -0.2) is 18.5 Å². The average molecular weight is 312 g/mol.